The van der Waals surface area contributed by atoms with Crippen molar-refractivity contribution in [3.63, 3.8) is 0 Å². The van der Waals surface area contributed by atoms with Gasteiger partial charge < -0.3 is 10.5 Å². The van der Waals surface area contributed by atoms with Gasteiger partial charge in [-0.05, 0) is 17.7 Å². The Morgan fingerprint density at radius 2 is 2.07 bits per heavy atom. The van der Waals surface area contributed by atoms with E-state index < -0.39 is 0 Å². The molecule has 0 bridgehead atoms. The van der Waals surface area contributed by atoms with E-state index in [1.165, 1.54) is 0 Å². The molecule has 0 saturated carbocycles. The van der Waals surface area contributed by atoms with Gasteiger partial charge in [-0.3, -0.25) is 4.99 Å². The molecule has 0 atom stereocenters. The van der Waals surface area contributed by atoms with Gasteiger partial charge in [0.05, 0.1) is 19.0 Å². The summed E-state index contributed by atoms with van der Waals surface area (Å²) in [5.41, 5.74) is 6.86. The number of rotatable bonds is 5. The zero-order valence-electron chi connectivity index (χ0n) is 8.74. The molecule has 82 valence electrons. The van der Waals surface area contributed by atoms with E-state index >= 15 is 0 Å². The molecular formula is C11H15ClN2O. The summed E-state index contributed by atoms with van der Waals surface area (Å²) in [6.45, 7) is 1.21. The second-order valence-electron chi connectivity index (χ2n) is 3.17. The van der Waals surface area contributed by atoms with Crippen LogP contribution in [0, 0.1) is 0 Å². The number of hydrogen-bond donors (Lipinski definition) is 1. The maximum absolute atomic E-state index is 5.77. The summed E-state index contributed by atoms with van der Waals surface area (Å²) in [7, 11) is 1.64. The molecule has 0 fully saturated rings. The van der Waals surface area contributed by atoms with Crippen molar-refractivity contribution >= 4 is 17.4 Å². The SMILES string of the molecule is COCCN=C(N)Cc1ccc(Cl)cc1. The Hall–Kier alpha value is -1.06. The standard InChI is InChI=1S/C11H15ClN2O/c1-15-7-6-14-11(13)8-9-2-4-10(12)5-3-9/h2-5H,6-8H2,1H3,(H2,13,14). The van der Waals surface area contributed by atoms with Gasteiger partial charge in [0.1, 0.15) is 0 Å². The van der Waals surface area contributed by atoms with Crippen molar-refractivity contribution in [2.24, 2.45) is 10.7 Å². The molecule has 0 aliphatic heterocycles. The average molecular weight is 227 g/mol. The molecule has 0 unspecified atom stereocenters. The Morgan fingerprint density at radius 3 is 2.67 bits per heavy atom. The van der Waals surface area contributed by atoms with Crippen molar-refractivity contribution in [1.29, 1.82) is 0 Å². The summed E-state index contributed by atoms with van der Waals surface area (Å²) in [6, 6.07) is 7.58. The fraction of sp³-hybridized carbons (Fsp3) is 0.364. The van der Waals surface area contributed by atoms with Crippen molar-refractivity contribution in [3.8, 4) is 0 Å². The van der Waals surface area contributed by atoms with E-state index in [0.717, 1.165) is 10.6 Å². The van der Waals surface area contributed by atoms with Gasteiger partial charge in [-0.1, -0.05) is 23.7 Å². The number of nitrogens with zero attached hydrogens (tertiary/aromatic N) is 1. The van der Waals surface area contributed by atoms with Crippen molar-refractivity contribution in [3.05, 3.63) is 34.9 Å². The van der Waals surface area contributed by atoms with Crippen molar-refractivity contribution in [2.75, 3.05) is 20.3 Å². The highest BCUT2D eigenvalue weighted by Gasteiger charge is 1.96. The molecule has 0 aliphatic carbocycles. The normalized spacial score (nSPS) is 11.7. The van der Waals surface area contributed by atoms with Crippen LogP contribution in [0.3, 0.4) is 0 Å². The summed E-state index contributed by atoms with van der Waals surface area (Å²) >= 11 is 5.77. The highest BCUT2D eigenvalue weighted by molar-refractivity contribution is 6.30. The number of amidine groups is 1. The first kappa shape index (κ1) is 12.0. The Balaban J connectivity index is 2.47. The fourth-order valence-electron chi connectivity index (χ4n) is 1.15. The molecule has 15 heavy (non-hydrogen) atoms. The smallest absolute Gasteiger partial charge is 0.0982 e. The molecule has 1 aromatic carbocycles. The van der Waals surface area contributed by atoms with Gasteiger partial charge in [-0.25, -0.2) is 0 Å². The monoisotopic (exact) mass is 226 g/mol. The Labute approximate surface area is 94.9 Å². The fourth-order valence-corrected chi connectivity index (χ4v) is 1.27. The minimum atomic E-state index is 0.599. The minimum Gasteiger partial charge on any atom is -0.387 e. The first-order chi connectivity index (χ1) is 7.22. The molecule has 1 aromatic rings. The zero-order valence-corrected chi connectivity index (χ0v) is 9.50. The third-order valence-electron chi connectivity index (χ3n) is 1.91. The largest absolute Gasteiger partial charge is 0.387 e. The molecule has 0 saturated heterocycles. The molecule has 0 spiro atoms. The lowest BCUT2D eigenvalue weighted by molar-refractivity contribution is 0.208. The van der Waals surface area contributed by atoms with Crippen LogP contribution in [0.2, 0.25) is 5.02 Å². The lowest BCUT2D eigenvalue weighted by Crippen LogP contribution is -2.16. The van der Waals surface area contributed by atoms with Crippen LogP contribution in [0.1, 0.15) is 5.56 Å². The highest BCUT2D eigenvalue weighted by Crippen LogP contribution is 2.09. The topological polar surface area (TPSA) is 47.6 Å². The van der Waals surface area contributed by atoms with Crippen LogP contribution in [0.5, 0.6) is 0 Å². The average Bonchev–Trinajstić information content (AvgIpc) is 2.22. The third-order valence-corrected chi connectivity index (χ3v) is 2.16. The lowest BCUT2D eigenvalue weighted by atomic mass is 10.1. The van der Waals surface area contributed by atoms with E-state index in [9.17, 15) is 0 Å². The number of aliphatic imine (C=N–C) groups is 1. The molecule has 3 nitrogen and oxygen atoms in total. The van der Waals surface area contributed by atoms with E-state index in [4.69, 9.17) is 22.1 Å². The Morgan fingerprint density at radius 1 is 1.40 bits per heavy atom. The number of ether oxygens (including phenoxy) is 1. The van der Waals surface area contributed by atoms with Gasteiger partial charge >= 0.3 is 0 Å². The lowest BCUT2D eigenvalue weighted by Gasteiger charge is -2.01. The Bertz CT molecular complexity index is 322. The number of benzene rings is 1. The van der Waals surface area contributed by atoms with Crippen LogP contribution in [0.25, 0.3) is 0 Å². The summed E-state index contributed by atoms with van der Waals surface area (Å²) < 4.78 is 4.88. The number of hydrogen-bond acceptors (Lipinski definition) is 2. The molecule has 1 rings (SSSR count). The van der Waals surface area contributed by atoms with E-state index in [2.05, 4.69) is 4.99 Å². The van der Waals surface area contributed by atoms with Gasteiger partial charge in [0, 0.05) is 18.6 Å². The molecular weight excluding hydrogens is 212 g/mol. The van der Waals surface area contributed by atoms with Crippen LogP contribution in [-0.4, -0.2) is 26.1 Å². The van der Waals surface area contributed by atoms with Gasteiger partial charge in [-0.15, -0.1) is 0 Å². The summed E-state index contributed by atoms with van der Waals surface area (Å²) in [4.78, 5) is 4.17. The quantitative estimate of drug-likeness (QED) is 0.474. The van der Waals surface area contributed by atoms with Gasteiger partial charge in [0.15, 0.2) is 0 Å². The maximum atomic E-state index is 5.77. The maximum Gasteiger partial charge on any atom is 0.0982 e. The van der Waals surface area contributed by atoms with Crippen molar-refractivity contribution in [2.45, 2.75) is 6.42 Å². The number of halogens is 1. The minimum absolute atomic E-state index is 0.599. The second-order valence-corrected chi connectivity index (χ2v) is 3.61. The number of methoxy groups -OCH3 is 1. The first-order valence-corrected chi connectivity index (χ1v) is 5.12. The predicted octanol–water partition coefficient (Wildman–Crippen LogP) is 1.89. The molecule has 0 amide bonds. The molecule has 0 aliphatic rings. The third kappa shape index (κ3) is 4.81. The number of nitrogens with two attached hydrogens (primary N) is 1. The van der Waals surface area contributed by atoms with E-state index in [-0.39, 0.29) is 0 Å². The van der Waals surface area contributed by atoms with Crippen molar-refractivity contribution in [1.82, 2.24) is 0 Å². The summed E-state index contributed by atoms with van der Waals surface area (Å²) in [5, 5.41) is 0.730. The van der Waals surface area contributed by atoms with E-state index in [1.54, 1.807) is 7.11 Å². The molecule has 0 radical (unpaired) electrons. The molecule has 0 heterocycles. The van der Waals surface area contributed by atoms with Crippen LogP contribution in [-0.2, 0) is 11.2 Å². The van der Waals surface area contributed by atoms with Gasteiger partial charge in [-0.2, -0.15) is 0 Å². The molecule has 4 heteroatoms. The summed E-state index contributed by atoms with van der Waals surface area (Å²) in [5.74, 6) is 0.620. The van der Waals surface area contributed by atoms with E-state index in [1.807, 2.05) is 24.3 Å². The molecule has 0 aromatic heterocycles. The Kier molecular flexibility index (Phi) is 5.15. The highest BCUT2D eigenvalue weighted by atomic mass is 35.5. The second kappa shape index (κ2) is 6.43. The van der Waals surface area contributed by atoms with Crippen LogP contribution in [0.4, 0.5) is 0 Å². The predicted molar refractivity (Wildman–Crippen MR) is 63.5 cm³/mol. The van der Waals surface area contributed by atoms with Gasteiger partial charge in [0.2, 0.25) is 0 Å². The van der Waals surface area contributed by atoms with Crippen LogP contribution in [0.15, 0.2) is 29.3 Å². The van der Waals surface area contributed by atoms with E-state index in [0.29, 0.717) is 25.4 Å². The first-order valence-electron chi connectivity index (χ1n) is 4.74. The zero-order chi connectivity index (χ0) is 11.1. The van der Waals surface area contributed by atoms with Crippen LogP contribution >= 0.6 is 11.6 Å². The summed E-state index contributed by atoms with van der Waals surface area (Å²) in [6.07, 6.45) is 0.654. The molecule has 2 N–H and O–H groups in total. The van der Waals surface area contributed by atoms with Crippen LogP contribution < -0.4 is 5.73 Å². The van der Waals surface area contributed by atoms with Crippen molar-refractivity contribution < 1.29 is 4.74 Å². The van der Waals surface area contributed by atoms with Gasteiger partial charge in [0.25, 0.3) is 0 Å².